The van der Waals surface area contributed by atoms with Crippen LogP contribution in [0.2, 0.25) is 0 Å². The monoisotopic (exact) mass is 435 g/mol. The van der Waals surface area contributed by atoms with Crippen LogP contribution in [0.25, 0.3) is 10.4 Å². The molecule has 1 rings (SSSR count). The third kappa shape index (κ3) is 7.28. The van der Waals surface area contributed by atoms with Crippen LogP contribution in [0, 0.1) is 5.41 Å². The molecule has 11 heteroatoms. The summed E-state index contributed by atoms with van der Waals surface area (Å²) in [6.07, 6.45) is -0.0470. The molecule has 0 bridgehead atoms. The highest BCUT2D eigenvalue weighted by atomic mass is 79.9. The molecule has 0 amide bonds. The maximum atomic E-state index is 12.2. The lowest BCUT2D eigenvalue weighted by molar-refractivity contribution is -0.157. The van der Waals surface area contributed by atoms with Gasteiger partial charge < -0.3 is 18.9 Å². The first-order valence-corrected chi connectivity index (χ1v) is 8.78. The van der Waals surface area contributed by atoms with Gasteiger partial charge in [0.15, 0.2) is 0 Å². The van der Waals surface area contributed by atoms with E-state index in [0.29, 0.717) is 19.8 Å². The Bertz CT molecular complexity index is 578. The minimum absolute atomic E-state index is 0.0552. The summed E-state index contributed by atoms with van der Waals surface area (Å²) in [7, 11) is 0. The Morgan fingerprint density at radius 1 is 1.27 bits per heavy atom. The van der Waals surface area contributed by atoms with Crippen LogP contribution >= 0.6 is 15.9 Å². The number of ether oxygens (including phenoxy) is 4. The maximum absolute atomic E-state index is 12.2. The Labute approximate surface area is 159 Å². The molecule has 0 aromatic carbocycles. The first kappa shape index (κ1) is 22.4. The van der Waals surface area contributed by atoms with Crippen LogP contribution in [0.4, 0.5) is 0 Å². The van der Waals surface area contributed by atoms with Crippen LogP contribution < -0.4 is 0 Å². The van der Waals surface area contributed by atoms with E-state index in [1.165, 1.54) is 0 Å². The lowest BCUT2D eigenvalue weighted by atomic mass is 9.82. The number of azide groups is 1. The molecule has 0 aliphatic carbocycles. The van der Waals surface area contributed by atoms with Gasteiger partial charge in [0.25, 0.3) is 0 Å². The van der Waals surface area contributed by atoms with E-state index in [2.05, 4.69) is 30.7 Å². The van der Waals surface area contributed by atoms with Gasteiger partial charge in [-0.2, -0.15) is 0 Å². The summed E-state index contributed by atoms with van der Waals surface area (Å²) in [4.78, 5) is 37.8. The van der Waals surface area contributed by atoms with Gasteiger partial charge in [-0.3, -0.25) is 14.4 Å². The van der Waals surface area contributed by atoms with Gasteiger partial charge in [-0.1, -0.05) is 21.0 Å². The molecule has 1 aliphatic heterocycles. The molecule has 1 saturated heterocycles. The summed E-state index contributed by atoms with van der Waals surface area (Å²) < 4.78 is 18.9. The fourth-order valence-electron chi connectivity index (χ4n) is 2.30. The summed E-state index contributed by atoms with van der Waals surface area (Å²) in [6, 6.07) is 0. The number of hydrogen-bond donors (Lipinski definition) is 0. The van der Waals surface area contributed by atoms with Crippen molar-refractivity contribution in [3.63, 3.8) is 0 Å². The SMILES string of the molecule is CC(C)(CC1(Br)CC(=O)OC1=O)C(=O)OCCOCCOCCN=[N+]=[N-]. The number of esters is 3. The number of carbonyl (C=O) groups is 3. The van der Waals surface area contributed by atoms with Gasteiger partial charge in [-0.05, 0) is 25.8 Å². The van der Waals surface area contributed by atoms with E-state index in [4.69, 9.17) is 19.7 Å². The zero-order valence-corrected chi connectivity index (χ0v) is 16.3. The Morgan fingerprint density at radius 3 is 2.46 bits per heavy atom. The van der Waals surface area contributed by atoms with Gasteiger partial charge in [-0.15, -0.1) is 0 Å². The largest absolute Gasteiger partial charge is 0.463 e. The van der Waals surface area contributed by atoms with Gasteiger partial charge in [0.1, 0.15) is 10.9 Å². The minimum atomic E-state index is -1.20. The zero-order valence-electron chi connectivity index (χ0n) is 14.7. The highest BCUT2D eigenvalue weighted by Crippen LogP contribution is 2.41. The smallest absolute Gasteiger partial charge is 0.331 e. The Hall–Kier alpha value is -1.68. The Morgan fingerprint density at radius 2 is 1.88 bits per heavy atom. The van der Waals surface area contributed by atoms with E-state index >= 15 is 0 Å². The maximum Gasteiger partial charge on any atom is 0.331 e. The minimum Gasteiger partial charge on any atom is -0.463 e. The average molecular weight is 436 g/mol. The lowest BCUT2D eigenvalue weighted by Gasteiger charge is -2.28. The van der Waals surface area contributed by atoms with Crippen molar-refractivity contribution >= 4 is 33.8 Å². The van der Waals surface area contributed by atoms with Crippen LogP contribution in [0.15, 0.2) is 5.11 Å². The second-order valence-electron chi connectivity index (χ2n) is 6.28. The van der Waals surface area contributed by atoms with Gasteiger partial charge in [0, 0.05) is 11.5 Å². The Kier molecular flexibility index (Phi) is 9.00. The zero-order chi connectivity index (χ0) is 19.6. The molecule has 1 heterocycles. The van der Waals surface area contributed by atoms with E-state index in [0.717, 1.165) is 0 Å². The summed E-state index contributed by atoms with van der Waals surface area (Å²) in [5.41, 5.74) is 7.09. The number of rotatable bonds is 12. The van der Waals surface area contributed by atoms with Crippen molar-refractivity contribution in [2.24, 2.45) is 10.5 Å². The van der Waals surface area contributed by atoms with E-state index < -0.39 is 27.6 Å². The standard InChI is InChI=1S/C15H22BrN3O7/c1-14(2,10-15(16)9-11(20)26-13(15)22)12(21)25-8-7-24-6-5-23-4-3-18-19-17/h3-10H2,1-2H3. The van der Waals surface area contributed by atoms with Crippen LogP contribution in [0.1, 0.15) is 26.7 Å². The van der Waals surface area contributed by atoms with Gasteiger partial charge in [-0.25, -0.2) is 0 Å². The normalized spacial score (nSPS) is 19.8. The van der Waals surface area contributed by atoms with Crippen LogP contribution in [-0.4, -0.2) is 61.8 Å². The molecule has 0 radical (unpaired) electrons. The van der Waals surface area contributed by atoms with Crippen molar-refractivity contribution in [3.05, 3.63) is 10.4 Å². The number of carbonyl (C=O) groups excluding carboxylic acids is 3. The Balaban J connectivity index is 2.22. The molecule has 26 heavy (non-hydrogen) atoms. The summed E-state index contributed by atoms with van der Waals surface area (Å²) in [6.45, 7) is 4.74. The molecule has 0 spiro atoms. The number of hydrogen-bond acceptors (Lipinski definition) is 8. The van der Waals surface area contributed by atoms with Crippen LogP contribution in [0.5, 0.6) is 0 Å². The molecular formula is C15H22BrN3O7. The highest BCUT2D eigenvalue weighted by molar-refractivity contribution is 9.10. The molecule has 0 N–H and O–H groups in total. The number of alkyl halides is 1. The van der Waals surface area contributed by atoms with E-state index in [-0.39, 0.29) is 32.6 Å². The molecular weight excluding hydrogens is 414 g/mol. The molecule has 146 valence electrons. The van der Waals surface area contributed by atoms with Crippen molar-refractivity contribution in [3.8, 4) is 0 Å². The first-order chi connectivity index (χ1) is 12.2. The second-order valence-corrected chi connectivity index (χ2v) is 7.80. The molecule has 10 nitrogen and oxygen atoms in total. The quantitative estimate of drug-likeness (QED) is 0.0867. The van der Waals surface area contributed by atoms with Crippen LogP contribution in [0.3, 0.4) is 0 Å². The van der Waals surface area contributed by atoms with Crippen molar-refractivity contribution < 1.29 is 33.3 Å². The average Bonchev–Trinajstić information content (AvgIpc) is 2.80. The van der Waals surface area contributed by atoms with Crippen molar-refractivity contribution in [1.29, 1.82) is 0 Å². The molecule has 0 saturated carbocycles. The lowest BCUT2D eigenvalue weighted by Crippen LogP contribution is -2.38. The molecule has 1 atom stereocenters. The molecule has 1 unspecified atom stereocenters. The fraction of sp³-hybridized carbons (Fsp3) is 0.800. The van der Waals surface area contributed by atoms with E-state index in [1.807, 2.05) is 0 Å². The molecule has 0 aromatic rings. The molecule has 1 fully saturated rings. The van der Waals surface area contributed by atoms with Crippen LogP contribution in [-0.2, 0) is 33.3 Å². The summed E-state index contributed by atoms with van der Waals surface area (Å²) in [5, 5.41) is 3.32. The summed E-state index contributed by atoms with van der Waals surface area (Å²) >= 11 is 3.22. The predicted molar refractivity (Wildman–Crippen MR) is 92.4 cm³/mol. The third-order valence-electron chi connectivity index (χ3n) is 3.50. The van der Waals surface area contributed by atoms with E-state index in [9.17, 15) is 14.4 Å². The number of nitrogens with zero attached hydrogens (tertiary/aromatic N) is 3. The van der Waals surface area contributed by atoms with Gasteiger partial charge in [0.05, 0.1) is 38.3 Å². The first-order valence-electron chi connectivity index (χ1n) is 7.99. The van der Waals surface area contributed by atoms with Crippen molar-refractivity contribution in [2.45, 2.75) is 31.0 Å². The highest BCUT2D eigenvalue weighted by Gasteiger charge is 2.52. The number of halogens is 1. The van der Waals surface area contributed by atoms with Crippen molar-refractivity contribution in [2.75, 3.05) is 39.6 Å². The number of cyclic esters (lactones) is 2. The second kappa shape index (κ2) is 10.5. The summed E-state index contributed by atoms with van der Waals surface area (Å²) in [5.74, 6) is -1.81. The fourth-order valence-corrected chi connectivity index (χ4v) is 3.31. The predicted octanol–water partition coefficient (Wildman–Crippen LogP) is 1.90. The topological polar surface area (TPSA) is 137 Å². The van der Waals surface area contributed by atoms with Gasteiger partial charge in [0.2, 0.25) is 0 Å². The molecule has 0 aromatic heterocycles. The van der Waals surface area contributed by atoms with Gasteiger partial charge >= 0.3 is 17.9 Å². The van der Waals surface area contributed by atoms with Crippen molar-refractivity contribution in [1.82, 2.24) is 0 Å². The third-order valence-corrected chi connectivity index (χ3v) is 4.39. The molecule has 1 aliphatic rings. The van der Waals surface area contributed by atoms with E-state index in [1.54, 1.807) is 13.8 Å².